The predicted molar refractivity (Wildman–Crippen MR) is 101 cm³/mol. The molecule has 1 fully saturated rings. The Morgan fingerprint density at radius 2 is 2.14 bits per heavy atom. The van der Waals surface area contributed by atoms with Gasteiger partial charge >= 0.3 is 5.97 Å². The van der Waals surface area contributed by atoms with Crippen LogP contribution in [0.1, 0.15) is 56.9 Å². The van der Waals surface area contributed by atoms with Gasteiger partial charge in [-0.05, 0) is 37.7 Å². The van der Waals surface area contributed by atoms with E-state index in [0.717, 1.165) is 37.0 Å². The molecule has 7 heteroatoms. The Bertz CT molecular complexity index is 877. The van der Waals surface area contributed by atoms with Gasteiger partial charge in [0.25, 0.3) is 5.69 Å². The van der Waals surface area contributed by atoms with Crippen LogP contribution >= 0.6 is 0 Å². The molecule has 0 spiro atoms. The van der Waals surface area contributed by atoms with Gasteiger partial charge in [0.15, 0.2) is 0 Å². The second-order valence-electron chi connectivity index (χ2n) is 7.97. The van der Waals surface area contributed by atoms with Crippen LogP contribution in [-0.2, 0) is 14.3 Å². The molecule has 0 saturated carbocycles. The summed E-state index contributed by atoms with van der Waals surface area (Å²) in [6.07, 6.45) is 4.59. The number of amides is 1. The van der Waals surface area contributed by atoms with Crippen molar-refractivity contribution in [2.75, 3.05) is 13.2 Å². The van der Waals surface area contributed by atoms with Crippen molar-refractivity contribution in [1.82, 2.24) is 4.90 Å². The standard InChI is InChI=1S/C21H24N2O5/c1-14(24)28-12-10-21-8-4-11-22-19(25)13-17(16(7-9-21)20(21)22)15-5-2-3-6-18(15)23(26)27/h2-3,5-6,17H,4,7-13H2,1H3/t17-,21-/m0/s1. The predicted octanol–water partition coefficient (Wildman–Crippen LogP) is 3.69. The van der Waals surface area contributed by atoms with Gasteiger partial charge in [0.2, 0.25) is 5.91 Å². The first-order chi connectivity index (χ1) is 13.4. The molecular formula is C21H24N2O5. The Kier molecular flexibility index (Phi) is 4.69. The number of hydrogen-bond acceptors (Lipinski definition) is 5. The van der Waals surface area contributed by atoms with Gasteiger partial charge in [-0.2, -0.15) is 0 Å². The van der Waals surface area contributed by atoms with Crippen molar-refractivity contribution in [3.63, 3.8) is 0 Å². The smallest absolute Gasteiger partial charge is 0.302 e. The van der Waals surface area contributed by atoms with E-state index in [1.165, 1.54) is 13.0 Å². The van der Waals surface area contributed by atoms with Crippen LogP contribution < -0.4 is 0 Å². The molecular weight excluding hydrogens is 360 g/mol. The molecule has 0 unspecified atom stereocenters. The van der Waals surface area contributed by atoms with Crippen LogP contribution in [0.4, 0.5) is 5.69 Å². The fourth-order valence-corrected chi connectivity index (χ4v) is 5.34. The van der Waals surface area contributed by atoms with Gasteiger partial charge in [-0.15, -0.1) is 0 Å². The topological polar surface area (TPSA) is 89.8 Å². The Hall–Kier alpha value is -2.70. The summed E-state index contributed by atoms with van der Waals surface area (Å²) in [7, 11) is 0. The Morgan fingerprint density at radius 3 is 2.89 bits per heavy atom. The van der Waals surface area contributed by atoms with E-state index in [1.807, 2.05) is 4.90 Å². The maximum Gasteiger partial charge on any atom is 0.302 e. The number of allylic oxidation sites excluding steroid dienone is 2. The van der Waals surface area contributed by atoms with Crippen molar-refractivity contribution in [3.05, 3.63) is 51.2 Å². The highest BCUT2D eigenvalue weighted by molar-refractivity contribution is 5.83. The van der Waals surface area contributed by atoms with Gasteiger partial charge in [0.1, 0.15) is 0 Å². The summed E-state index contributed by atoms with van der Waals surface area (Å²) in [6.45, 7) is 2.44. The molecule has 1 amide bonds. The molecule has 7 nitrogen and oxygen atoms in total. The van der Waals surface area contributed by atoms with Crippen molar-refractivity contribution in [1.29, 1.82) is 0 Å². The van der Waals surface area contributed by atoms with Crippen LogP contribution in [-0.4, -0.2) is 34.9 Å². The molecule has 2 heterocycles. The maximum atomic E-state index is 13.0. The van der Waals surface area contributed by atoms with Crippen molar-refractivity contribution in [3.8, 4) is 0 Å². The van der Waals surface area contributed by atoms with Crippen molar-refractivity contribution >= 4 is 17.6 Å². The third kappa shape index (κ3) is 2.99. The first-order valence-corrected chi connectivity index (χ1v) is 9.83. The molecule has 0 radical (unpaired) electrons. The number of para-hydroxylation sites is 1. The van der Waals surface area contributed by atoms with E-state index in [1.54, 1.807) is 18.2 Å². The normalized spacial score (nSPS) is 26.2. The summed E-state index contributed by atoms with van der Waals surface area (Å²) < 4.78 is 5.20. The SMILES string of the molecule is CC(=O)OCC[C@@]12CCCN3C(=O)C[C@@H](c4ccccc4[N+](=O)[O-])C(=C31)CC2. The number of carbonyl (C=O) groups is 2. The second-order valence-corrected chi connectivity index (χ2v) is 7.97. The van der Waals surface area contributed by atoms with Crippen LogP contribution in [0.15, 0.2) is 35.5 Å². The number of benzene rings is 1. The number of nitro groups is 1. The van der Waals surface area contributed by atoms with Crippen LogP contribution in [0, 0.1) is 15.5 Å². The monoisotopic (exact) mass is 384 g/mol. The fraction of sp³-hybridized carbons (Fsp3) is 0.524. The van der Waals surface area contributed by atoms with Gasteiger partial charge in [-0.25, -0.2) is 0 Å². The average molecular weight is 384 g/mol. The first kappa shape index (κ1) is 18.7. The number of nitro benzene ring substituents is 1. The van der Waals surface area contributed by atoms with Crippen LogP contribution in [0.2, 0.25) is 0 Å². The van der Waals surface area contributed by atoms with Gasteiger partial charge < -0.3 is 9.64 Å². The second kappa shape index (κ2) is 7.04. The first-order valence-electron chi connectivity index (χ1n) is 9.83. The zero-order valence-corrected chi connectivity index (χ0v) is 16.0. The number of esters is 1. The molecule has 1 aliphatic carbocycles. The highest BCUT2D eigenvalue weighted by Gasteiger charge is 2.51. The van der Waals surface area contributed by atoms with E-state index in [0.29, 0.717) is 25.1 Å². The summed E-state index contributed by atoms with van der Waals surface area (Å²) in [5.41, 5.74) is 2.77. The van der Waals surface area contributed by atoms with E-state index >= 15 is 0 Å². The lowest BCUT2D eigenvalue weighted by molar-refractivity contribution is -0.385. The molecule has 0 bridgehead atoms. The van der Waals surface area contributed by atoms with Gasteiger partial charge in [0.05, 0.1) is 11.5 Å². The number of ether oxygens (including phenoxy) is 1. The lowest BCUT2D eigenvalue weighted by Gasteiger charge is -2.46. The number of carbonyl (C=O) groups excluding carboxylic acids is 2. The van der Waals surface area contributed by atoms with E-state index in [9.17, 15) is 19.7 Å². The summed E-state index contributed by atoms with van der Waals surface area (Å²) in [5.74, 6) is -0.497. The molecule has 1 saturated heterocycles. The van der Waals surface area contributed by atoms with E-state index < -0.39 is 0 Å². The molecule has 1 aromatic rings. The summed E-state index contributed by atoms with van der Waals surface area (Å²) >= 11 is 0. The number of hydrogen-bond donors (Lipinski definition) is 0. The minimum Gasteiger partial charge on any atom is -0.466 e. The van der Waals surface area contributed by atoms with Crippen LogP contribution in [0.3, 0.4) is 0 Å². The number of piperidine rings is 1. The van der Waals surface area contributed by atoms with Gasteiger partial charge in [0, 0.05) is 48.5 Å². The zero-order valence-electron chi connectivity index (χ0n) is 16.0. The average Bonchev–Trinajstić information content (AvgIpc) is 3.05. The van der Waals surface area contributed by atoms with E-state index in [-0.39, 0.29) is 40.2 Å². The molecule has 28 heavy (non-hydrogen) atoms. The van der Waals surface area contributed by atoms with Crippen LogP contribution in [0.25, 0.3) is 0 Å². The minimum absolute atomic E-state index is 0.0420. The molecule has 2 atom stereocenters. The van der Waals surface area contributed by atoms with Crippen molar-refractivity contribution < 1.29 is 19.2 Å². The summed E-state index contributed by atoms with van der Waals surface area (Å²) in [4.78, 5) is 37.3. The summed E-state index contributed by atoms with van der Waals surface area (Å²) in [6, 6.07) is 6.76. The largest absolute Gasteiger partial charge is 0.466 e. The van der Waals surface area contributed by atoms with E-state index in [4.69, 9.17) is 4.74 Å². The zero-order chi connectivity index (χ0) is 19.9. The lowest BCUT2D eigenvalue weighted by atomic mass is 9.72. The van der Waals surface area contributed by atoms with Gasteiger partial charge in [-0.1, -0.05) is 18.2 Å². The molecule has 148 valence electrons. The third-order valence-corrected chi connectivity index (χ3v) is 6.48. The quantitative estimate of drug-likeness (QED) is 0.439. The molecule has 4 rings (SSSR count). The molecule has 2 aliphatic heterocycles. The molecule has 3 aliphatic rings. The number of nitrogens with zero attached hydrogens (tertiary/aromatic N) is 2. The molecule has 1 aromatic carbocycles. The fourth-order valence-electron chi connectivity index (χ4n) is 5.34. The van der Waals surface area contributed by atoms with Crippen LogP contribution in [0.5, 0.6) is 0 Å². The maximum absolute atomic E-state index is 13.0. The summed E-state index contributed by atoms with van der Waals surface area (Å²) in [5, 5.41) is 11.5. The molecule has 0 N–H and O–H groups in total. The van der Waals surface area contributed by atoms with Crippen molar-refractivity contribution in [2.45, 2.75) is 51.4 Å². The number of rotatable bonds is 5. The lowest BCUT2D eigenvalue weighted by Crippen LogP contribution is -2.46. The van der Waals surface area contributed by atoms with Crippen molar-refractivity contribution in [2.24, 2.45) is 5.41 Å². The Labute approximate surface area is 163 Å². The highest BCUT2D eigenvalue weighted by Crippen LogP contribution is 2.58. The Balaban J connectivity index is 1.76. The molecule has 0 aromatic heterocycles. The minimum atomic E-state index is -0.360. The highest BCUT2D eigenvalue weighted by atomic mass is 16.6. The third-order valence-electron chi connectivity index (χ3n) is 6.48. The van der Waals surface area contributed by atoms with Gasteiger partial charge in [-0.3, -0.25) is 19.7 Å². The van der Waals surface area contributed by atoms with E-state index in [2.05, 4.69) is 0 Å². The Morgan fingerprint density at radius 1 is 1.36 bits per heavy atom.